The van der Waals surface area contributed by atoms with Crippen molar-refractivity contribution in [1.29, 1.82) is 0 Å². The van der Waals surface area contributed by atoms with E-state index in [0.29, 0.717) is 10.2 Å². The van der Waals surface area contributed by atoms with E-state index < -0.39 is 23.7 Å². The summed E-state index contributed by atoms with van der Waals surface area (Å²) in [7, 11) is 0. The Balaban J connectivity index is 1.96. The third-order valence-electron chi connectivity index (χ3n) is 3.62. The minimum absolute atomic E-state index is 0.139. The molecule has 2 aromatic heterocycles. The highest BCUT2D eigenvalue weighted by Gasteiger charge is 2.31. The Labute approximate surface area is 154 Å². The largest absolute Gasteiger partial charge is 0.416 e. The molecule has 0 aliphatic carbocycles. The summed E-state index contributed by atoms with van der Waals surface area (Å²) in [5.74, 6) is -0.519. The number of aromatic nitrogens is 3. The summed E-state index contributed by atoms with van der Waals surface area (Å²) in [4.78, 5) is 16.6. The first-order valence-electron chi connectivity index (χ1n) is 7.44. The van der Waals surface area contributed by atoms with Crippen molar-refractivity contribution < 1.29 is 18.0 Å². The summed E-state index contributed by atoms with van der Waals surface area (Å²) < 4.78 is 39.5. The maximum atomic E-state index is 13.0. The van der Waals surface area contributed by atoms with Crippen LogP contribution in [0.15, 0.2) is 59.5 Å². The van der Waals surface area contributed by atoms with E-state index in [4.69, 9.17) is 0 Å². The summed E-state index contributed by atoms with van der Waals surface area (Å²) >= 11 is 3.18. The highest BCUT2D eigenvalue weighted by molar-refractivity contribution is 9.10. The van der Waals surface area contributed by atoms with E-state index in [-0.39, 0.29) is 11.3 Å². The van der Waals surface area contributed by atoms with Crippen LogP contribution in [0, 0.1) is 0 Å². The first-order chi connectivity index (χ1) is 12.3. The van der Waals surface area contributed by atoms with Crippen LogP contribution in [-0.2, 0) is 6.18 Å². The number of hydrogen-bond acceptors (Lipinski definition) is 3. The highest BCUT2D eigenvalue weighted by atomic mass is 79.9. The summed E-state index contributed by atoms with van der Waals surface area (Å²) in [6, 6.07) is 8.80. The molecule has 0 bridgehead atoms. The standard InChI is InChI=1S/C17H12BrF3N4O/c18-14-6-2-5-13(24-14)16(26)25-15(11-8-22-23-9-11)10-3-1-4-12(7-10)17(19,20)21/h1-9,15H,(H,22,23)(H,25,26). The fourth-order valence-corrected chi connectivity index (χ4v) is 2.76. The van der Waals surface area contributed by atoms with E-state index >= 15 is 0 Å². The monoisotopic (exact) mass is 424 g/mol. The summed E-state index contributed by atoms with van der Waals surface area (Å²) in [6.45, 7) is 0. The van der Waals surface area contributed by atoms with Crippen molar-refractivity contribution in [3.05, 3.63) is 81.8 Å². The minimum Gasteiger partial charge on any atom is -0.340 e. The average molecular weight is 425 g/mol. The molecule has 0 fully saturated rings. The fraction of sp³-hybridized carbons (Fsp3) is 0.118. The van der Waals surface area contributed by atoms with Crippen LogP contribution in [0.25, 0.3) is 0 Å². The molecule has 0 saturated heterocycles. The Bertz CT molecular complexity index is 912. The molecular weight excluding hydrogens is 413 g/mol. The number of carbonyl (C=O) groups excluding carboxylic acids is 1. The second kappa shape index (κ2) is 7.28. The molecule has 134 valence electrons. The molecule has 2 heterocycles. The Kier molecular flexibility index (Phi) is 5.08. The molecule has 3 rings (SSSR count). The van der Waals surface area contributed by atoms with Crippen LogP contribution in [0.1, 0.15) is 33.2 Å². The lowest BCUT2D eigenvalue weighted by Gasteiger charge is -2.19. The van der Waals surface area contributed by atoms with Gasteiger partial charge in [0.05, 0.1) is 17.8 Å². The number of H-pyrrole nitrogens is 1. The SMILES string of the molecule is O=C(NC(c1cn[nH]c1)c1cccc(C(F)(F)F)c1)c1cccc(Br)n1. The van der Waals surface area contributed by atoms with Gasteiger partial charge in [-0.3, -0.25) is 9.89 Å². The summed E-state index contributed by atoms with van der Waals surface area (Å²) in [6.07, 6.45) is -1.52. The van der Waals surface area contributed by atoms with Crippen molar-refractivity contribution in [3.63, 3.8) is 0 Å². The number of pyridine rings is 1. The Morgan fingerprint density at radius 2 is 1.92 bits per heavy atom. The topological polar surface area (TPSA) is 70.7 Å². The normalized spacial score (nSPS) is 12.6. The highest BCUT2D eigenvalue weighted by Crippen LogP contribution is 2.32. The van der Waals surface area contributed by atoms with Gasteiger partial charge in [0.2, 0.25) is 0 Å². The molecule has 2 N–H and O–H groups in total. The van der Waals surface area contributed by atoms with Gasteiger partial charge in [-0.05, 0) is 45.8 Å². The molecular formula is C17H12BrF3N4O. The molecule has 0 radical (unpaired) electrons. The van der Waals surface area contributed by atoms with Crippen molar-refractivity contribution in [2.45, 2.75) is 12.2 Å². The van der Waals surface area contributed by atoms with E-state index in [1.807, 2.05) is 0 Å². The number of hydrogen-bond donors (Lipinski definition) is 2. The van der Waals surface area contributed by atoms with Gasteiger partial charge in [-0.2, -0.15) is 18.3 Å². The van der Waals surface area contributed by atoms with Crippen LogP contribution in [0.2, 0.25) is 0 Å². The van der Waals surface area contributed by atoms with Gasteiger partial charge in [0.25, 0.3) is 5.91 Å². The van der Waals surface area contributed by atoms with Gasteiger partial charge in [0, 0.05) is 11.8 Å². The lowest BCUT2D eigenvalue weighted by Crippen LogP contribution is -2.30. The number of amides is 1. The first-order valence-corrected chi connectivity index (χ1v) is 8.23. The van der Waals surface area contributed by atoms with Crippen LogP contribution < -0.4 is 5.32 Å². The quantitative estimate of drug-likeness (QED) is 0.619. The third-order valence-corrected chi connectivity index (χ3v) is 4.06. The van der Waals surface area contributed by atoms with Crippen molar-refractivity contribution in [3.8, 4) is 0 Å². The van der Waals surface area contributed by atoms with Crippen LogP contribution in [0.3, 0.4) is 0 Å². The van der Waals surface area contributed by atoms with Gasteiger partial charge < -0.3 is 5.32 Å². The molecule has 0 spiro atoms. The van der Waals surface area contributed by atoms with E-state index in [0.717, 1.165) is 12.1 Å². The molecule has 1 amide bonds. The Hall–Kier alpha value is -2.68. The molecule has 26 heavy (non-hydrogen) atoms. The number of carbonyl (C=O) groups is 1. The molecule has 9 heteroatoms. The number of halogens is 4. The first kappa shape index (κ1) is 18.1. The Morgan fingerprint density at radius 1 is 1.15 bits per heavy atom. The van der Waals surface area contributed by atoms with Crippen LogP contribution in [-0.4, -0.2) is 21.1 Å². The van der Waals surface area contributed by atoms with Crippen molar-refractivity contribution >= 4 is 21.8 Å². The van der Waals surface area contributed by atoms with Crippen LogP contribution in [0.5, 0.6) is 0 Å². The van der Waals surface area contributed by atoms with E-state index in [9.17, 15) is 18.0 Å². The van der Waals surface area contributed by atoms with E-state index in [1.165, 1.54) is 30.6 Å². The van der Waals surface area contributed by atoms with Crippen LogP contribution in [0.4, 0.5) is 13.2 Å². The van der Waals surface area contributed by atoms with Crippen LogP contribution >= 0.6 is 15.9 Å². The predicted molar refractivity (Wildman–Crippen MR) is 91.3 cm³/mol. The summed E-state index contributed by atoms with van der Waals surface area (Å²) in [5, 5.41) is 9.12. The number of aromatic amines is 1. The van der Waals surface area contributed by atoms with E-state index in [1.54, 1.807) is 12.1 Å². The number of nitrogens with zero attached hydrogens (tertiary/aromatic N) is 2. The zero-order chi connectivity index (χ0) is 18.7. The number of benzene rings is 1. The van der Waals surface area contributed by atoms with Crippen molar-refractivity contribution in [2.75, 3.05) is 0 Å². The van der Waals surface area contributed by atoms with Gasteiger partial charge in [-0.1, -0.05) is 18.2 Å². The number of alkyl halides is 3. The molecule has 1 atom stereocenters. The lowest BCUT2D eigenvalue weighted by atomic mass is 9.99. The summed E-state index contributed by atoms with van der Waals surface area (Å²) in [5.41, 5.74) is 0.149. The third kappa shape index (κ3) is 4.10. The number of rotatable bonds is 4. The van der Waals surface area contributed by atoms with Crippen molar-refractivity contribution in [2.24, 2.45) is 0 Å². The van der Waals surface area contributed by atoms with Gasteiger partial charge in [0.1, 0.15) is 10.3 Å². The molecule has 3 aromatic rings. The molecule has 5 nitrogen and oxygen atoms in total. The smallest absolute Gasteiger partial charge is 0.340 e. The molecule has 1 unspecified atom stereocenters. The molecule has 1 aromatic carbocycles. The van der Waals surface area contributed by atoms with Gasteiger partial charge >= 0.3 is 6.18 Å². The second-order valence-corrected chi connectivity index (χ2v) is 6.22. The average Bonchev–Trinajstić information content (AvgIpc) is 3.13. The maximum absolute atomic E-state index is 13.0. The van der Waals surface area contributed by atoms with Gasteiger partial charge in [0.15, 0.2) is 0 Å². The molecule has 0 saturated carbocycles. The van der Waals surface area contributed by atoms with E-state index in [2.05, 4.69) is 36.4 Å². The zero-order valence-corrected chi connectivity index (χ0v) is 14.7. The zero-order valence-electron chi connectivity index (χ0n) is 13.1. The maximum Gasteiger partial charge on any atom is 0.416 e. The molecule has 0 aliphatic rings. The fourth-order valence-electron chi connectivity index (χ4n) is 2.41. The number of nitrogens with one attached hydrogen (secondary N) is 2. The van der Waals surface area contributed by atoms with Crippen molar-refractivity contribution in [1.82, 2.24) is 20.5 Å². The van der Waals surface area contributed by atoms with Gasteiger partial charge in [-0.15, -0.1) is 0 Å². The minimum atomic E-state index is -4.48. The predicted octanol–water partition coefficient (Wildman–Crippen LogP) is 4.11. The lowest BCUT2D eigenvalue weighted by molar-refractivity contribution is -0.137. The molecule has 0 aliphatic heterocycles. The Morgan fingerprint density at radius 3 is 2.58 bits per heavy atom. The second-order valence-electron chi connectivity index (χ2n) is 5.41. The van der Waals surface area contributed by atoms with Gasteiger partial charge in [-0.25, -0.2) is 4.98 Å².